The molecule has 0 rings (SSSR count). The maximum atomic E-state index is 2.30. The Labute approximate surface area is 142 Å². The van der Waals surface area contributed by atoms with Gasteiger partial charge in [0, 0.05) is 0 Å². The van der Waals surface area contributed by atoms with Gasteiger partial charge >= 0.3 is 143 Å². The van der Waals surface area contributed by atoms with Crippen LogP contribution in [0.15, 0.2) is 0 Å². The van der Waals surface area contributed by atoms with Crippen molar-refractivity contribution < 1.29 is 0 Å². The summed E-state index contributed by atoms with van der Waals surface area (Å²) in [5, 5.41) is 3.36. The molecule has 0 bridgehead atoms. The Morgan fingerprint density at radius 3 is 1.00 bits per heavy atom. The second-order valence-corrected chi connectivity index (χ2v) is 11.5. The van der Waals surface area contributed by atoms with Gasteiger partial charge < -0.3 is 0 Å². The molecule has 0 radical (unpaired) electrons. The van der Waals surface area contributed by atoms with E-state index in [1.54, 1.807) is 23.3 Å². The Morgan fingerprint density at radius 2 is 0.667 bits per heavy atom. The summed E-state index contributed by atoms with van der Waals surface area (Å²) in [6, 6.07) is 0. The Hall–Kier alpha value is 0.543. The third-order valence-corrected chi connectivity index (χ3v) is 8.90. The molecule has 0 saturated carbocycles. The van der Waals surface area contributed by atoms with E-state index < -0.39 is 0 Å². The summed E-state index contributed by atoms with van der Waals surface area (Å²) in [6.45, 7) is 4.61. The van der Waals surface area contributed by atoms with E-state index >= 15 is 0 Å². The number of hydrogen-bond acceptors (Lipinski definition) is 0. The third kappa shape index (κ3) is 20.5. The van der Waals surface area contributed by atoms with Crippen molar-refractivity contribution in [3.05, 3.63) is 0 Å². The zero-order valence-corrected chi connectivity index (χ0v) is 18.4. The first-order valence-electron chi connectivity index (χ1n) is 10.4. The van der Waals surface area contributed by atoms with Crippen LogP contribution in [0.3, 0.4) is 0 Å². The molecular formula is C20H44Ge. The van der Waals surface area contributed by atoms with Crippen LogP contribution in [0.2, 0.25) is 10.5 Å². The summed E-state index contributed by atoms with van der Waals surface area (Å²) < 4.78 is 0. The van der Waals surface area contributed by atoms with Crippen LogP contribution in [-0.2, 0) is 0 Å². The molecule has 1 heteroatoms. The molecule has 0 unspecified atom stereocenters. The van der Waals surface area contributed by atoms with Crippen molar-refractivity contribution in [2.24, 2.45) is 0 Å². The van der Waals surface area contributed by atoms with Crippen molar-refractivity contribution in [1.29, 1.82) is 0 Å². The molecule has 0 aliphatic heterocycles. The van der Waals surface area contributed by atoms with Gasteiger partial charge in [-0.25, -0.2) is 0 Å². The topological polar surface area (TPSA) is 0 Å². The van der Waals surface area contributed by atoms with E-state index in [1.165, 1.54) is 89.9 Å². The average molecular weight is 357 g/mol. The Kier molecular flexibility index (Phi) is 21.1. The van der Waals surface area contributed by atoms with Crippen molar-refractivity contribution in [2.45, 2.75) is 127 Å². The van der Waals surface area contributed by atoms with Gasteiger partial charge in [-0.15, -0.1) is 0 Å². The van der Waals surface area contributed by atoms with Crippen LogP contribution in [0.1, 0.15) is 117 Å². The number of rotatable bonds is 18. The van der Waals surface area contributed by atoms with Gasteiger partial charge in [-0.3, -0.25) is 0 Å². The van der Waals surface area contributed by atoms with Gasteiger partial charge in [0.05, 0.1) is 0 Å². The summed E-state index contributed by atoms with van der Waals surface area (Å²) in [7, 11) is 0. The predicted octanol–water partition coefficient (Wildman–Crippen LogP) is 7.27. The summed E-state index contributed by atoms with van der Waals surface area (Å²) in [4.78, 5) is 0. The zero-order valence-electron chi connectivity index (χ0n) is 15.4. The minimum absolute atomic E-state index is 0.0953. The normalized spacial score (nSPS) is 11.1. The monoisotopic (exact) mass is 358 g/mol. The van der Waals surface area contributed by atoms with Gasteiger partial charge in [0.2, 0.25) is 0 Å². The second-order valence-electron chi connectivity index (χ2n) is 7.01. The van der Waals surface area contributed by atoms with E-state index in [9.17, 15) is 0 Å². The first kappa shape index (κ1) is 21.5. The van der Waals surface area contributed by atoms with Crippen LogP contribution >= 0.6 is 0 Å². The fourth-order valence-corrected chi connectivity index (χ4v) is 6.86. The van der Waals surface area contributed by atoms with Crippen molar-refractivity contribution in [3.8, 4) is 0 Å². The average Bonchev–Trinajstić information content (AvgIpc) is 2.50. The van der Waals surface area contributed by atoms with Crippen molar-refractivity contribution in [1.82, 2.24) is 0 Å². The molecule has 0 saturated heterocycles. The van der Waals surface area contributed by atoms with E-state index in [0.29, 0.717) is 0 Å². The maximum absolute atomic E-state index is 2.30. The van der Waals surface area contributed by atoms with Gasteiger partial charge in [-0.1, -0.05) is 0 Å². The van der Waals surface area contributed by atoms with E-state index in [1.807, 2.05) is 0 Å². The number of hydrogen-bond donors (Lipinski definition) is 0. The van der Waals surface area contributed by atoms with Crippen LogP contribution in [-0.4, -0.2) is 15.4 Å². The van der Waals surface area contributed by atoms with Crippen LogP contribution < -0.4 is 0 Å². The Balaban J connectivity index is 2.90. The first-order chi connectivity index (χ1) is 10.4. The molecule has 0 aliphatic carbocycles. The fourth-order valence-electron chi connectivity index (χ4n) is 3.15. The molecule has 21 heavy (non-hydrogen) atoms. The van der Waals surface area contributed by atoms with Gasteiger partial charge in [0.15, 0.2) is 0 Å². The zero-order chi connectivity index (χ0) is 15.4. The molecular weight excluding hydrogens is 313 g/mol. The second kappa shape index (κ2) is 20.5. The SMILES string of the molecule is CCCCCCCCC[CH2][GeH2][CH2]CCCCCCCCC. The molecule has 0 aromatic heterocycles. The standard InChI is InChI=1S/C20H44Ge/c1-3-5-7-9-11-13-15-17-19-21-20-18-16-14-12-10-8-6-4-2/h3-21H2,1-2H3. The molecule has 0 fully saturated rings. The van der Waals surface area contributed by atoms with Crippen molar-refractivity contribution in [3.63, 3.8) is 0 Å². The summed E-state index contributed by atoms with van der Waals surface area (Å²) in [5.41, 5.74) is 0. The molecule has 0 amide bonds. The van der Waals surface area contributed by atoms with E-state index in [2.05, 4.69) is 13.8 Å². The third-order valence-electron chi connectivity index (χ3n) is 4.71. The molecule has 0 aromatic rings. The fraction of sp³-hybridized carbons (Fsp3) is 1.00. The quantitative estimate of drug-likeness (QED) is 0.179. The van der Waals surface area contributed by atoms with Crippen molar-refractivity contribution >= 4 is 15.4 Å². The molecule has 0 aliphatic rings. The van der Waals surface area contributed by atoms with Gasteiger partial charge in [-0.05, 0) is 0 Å². The Morgan fingerprint density at radius 1 is 0.381 bits per heavy atom. The number of unbranched alkanes of at least 4 members (excludes halogenated alkanes) is 14. The summed E-state index contributed by atoms with van der Waals surface area (Å²) in [5.74, 6) is 0. The van der Waals surface area contributed by atoms with Crippen molar-refractivity contribution in [2.75, 3.05) is 0 Å². The van der Waals surface area contributed by atoms with E-state index in [0.717, 1.165) is 0 Å². The minimum atomic E-state index is -0.0953. The molecule has 0 aromatic carbocycles. The predicted molar refractivity (Wildman–Crippen MR) is 103 cm³/mol. The van der Waals surface area contributed by atoms with Crippen LogP contribution in [0.5, 0.6) is 0 Å². The molecule has 0 heterocycles. The van der Waals surface area contributed by atoms with E-state index in [4.69, 9.17) is 0 Å². The molecule has 0 N–H and O–H groups in total. The molecule has 0 nitrogen and oxygen atoms in total. The van der Waals surface area contributed by atoms with Gasteiger partial charge in [0.25, 0.3) is 0 Å². The van der Waals surface area contributed by atoms with Gasteiger partial charge in [-0.2, -0.15) is 0 Å². The summed E-state index contributed by atoms with van der Waals surface area (Å²) >= 11 is -0.0953. The molecule has 128 valence electrons. The molecule has 0 atom stereocenters. The van der Waals surface area contributed by atoms with Crippen LogP contribution in [0, 0.1) is 0 Å². The van der Waals surface area contributed by atoms with Crippen LogP contribution in [0.25, 0.3) is 0 Å². The summed E-state index contributed by atoms with van der Waals surface area (Å²) in [6.07, 6.45) is 23.9. The first-order valence-corrected chi connectivity index (χ1v) is 14.6. The Bertz CT molecular complexity index is 149. The van der Waals surface area contributed by atoms with Crippen LogP contribution in [0.4, 0.5) is 0 Å². The van der Waals surface area contributed by atoms with Gasteiger partial charge in [0.1, 0.15) is 0 Å². The molecule has 0 spiro atoms. The van der Waals surface area contributed by atoms with E-state index in [-0.39, 0.29) is 15.4 Å².